The van der Waals surface area contributed by atoms with Gasteiger partial charge in [0.2, 0.25) is 5.91 Å². The van der Waals surface area contributed by atoms with Crippen LogP contribution in [0.1, 0.15) is 34.5 Å². The molecule has 2 amide bonds. The number of nitrogens with one attached hydrogen (secondary N) is 2. The smallest absolute Gasteiger partial charge is 0.251 e. The molecule has 6 heteroatoms. The molecule has 2 heterocycles. The molecule has 0 saturated carbocycles. The fourth-order valence-corrected chi connectivity index (χ4v) is 3.86. The van der Waals surface area contributed by atoms with Crippen molar-refractivity contribution >= 4 is 34.3 Å². The summed E-state index contributed by atoms with van der Waals surface area (Å²) in [5.41, 5.74) is 4.05. The molecule has 1 aromatic heterocycles. The van der Waals surface area contributed by atoms with Gasteiger partial charge < -0.3 is 15.2 Å². The van der Waals surface area contributed by atoms with Crippen LogP contribution < -0.4 is 5.32 Å². The second kappa shape index (κ2) is 8.07. The van der Waals surface area contributed by atoms with Gasteiger partial charge in [0, 0.05) is 65.2 Å². The number of carbonyl (C=O) groups excluding carboxylic acids is 2. The minimum atomic E-state index is -0.105. The van der Waals surface area contributed by atoms with E-state index in [1.165, 1.54) is 5.69 Å². The minimum absolute atomic E-state index is 0.105. The average Bonchev–Trinajstić information content (AvgIpc) is 3.08. The number of benzene rings is 2. The lowest BCUT2D eigenvalue weighted by atomic mass is 10.0. The van der Waals surface area contributed by atoms with Crippen LogP contribution in [-0.4, -0.2) is 34.8 Å². The standard InChI is InChI=1S/C22H22ClN3O2/c23-16-8-9-19-17(13-16)18-14-26(12-10-20(18)25-19)21(27)7-4-11-24-22(28)15-5-2-1-3-6-15/h1-3,5-6,8-9,13,25H,4,7,10-12,14H2,(H,24,28). The molecule has 0 fully saturated rings. The molecule has 3 aromatic rings. The van der Waals surface area contributed by atoms with Crippen molar-refractivity contribution in [3.05, 3.63) is 70.4 Å². The van der Waals surface area contributed by atoms with Crippen molar-refractivity contribution in [3.63, 3.8) is 0 Å². The normalized spacial score (nSPS) is 13.4. The maximum atomic E-state index is 12.6. The summed E-state index contributed by atoms with van der Waals surface area (Å²) >= 11 is 6.14. The number of fused-ring (bicyclic) bond motifs is 3. The highest BCUT2D eigenvalue weighted by molar-refractivity contribution is 6.31. The van der Waals surface area contributed by atoms with Crippen molar-refractivity contribution in [2.45, 2.75) is 25.8 Å². The Morgan fingerprint density at radius 3 is 2.79 bits per heavy atom. The maximum absolute atomic E-state index is 12.6. The molecule has 0 bridgehead atoms. The number of aromatic amines is 1. The van der Waals surface area contributed by atoms with E-state index >= 15 is 0 Å². The summed E-state index contributed by atoms with van der Waals surface area (Å²) in [5, 5.41) is 4.66. The van der Waals surface area contributed by atoms with Gasteiger partial charge in [-0.3, -0.25) is 9.59 Å². The van der Waals surface area contributed by atoms with Gasteiger partial charge in [-0.2, -0.15) is 0 Å². The summed E-state index contributed by atoms with van der Waals surface area (Å²) in [6, 6.07) is 14.9. The molecule has 0 radical (unpaired) electrons. The average molecular weight is 396 g/mol. The lowest BCUT2D eigenvalue weighted by Crippen LogP contribution is -2.36. The van der Waals surface area contributed by atoms with E-state index in [1.54, 1.807) is 12.1 Å². The zero-order valence-corrected chi connectivity index (χ0v) is 16.3. The first-order valence-electron chi connectivity index (χ1n) is 9.52. The first-order chi connectivity index (χ1) is 13.6. The quantitative estimate of drug-likeness (QED) is 0.643. The van der Waals surface area contributed by atoms with Crippen LogP contribution >= 0.6 is 11.6 Å². The Balaban J connectivity index is 1.31. The highest BCUT2D eigenvalue weighted by atomic mass is 35.5. The second-order valence-electron chi connectivity index (χ2n) is 7.06. The van der Waals surface area contributed by atoms with Crippen molar-refractivity contribution in [1.82, 2.24) is 15.2 Å². The van der Waals surface area contributed by atoms with Gasteiger partial charge in [-0.1, -0.05) is 29.8 Å². The molecular weight excluding hydrogens is 374 g/mol. The van der Waals surface area contributed by atoms with E-state index in [4.69, 9.17) is 11.6 Å². The zero-order chi connectivity index (χ0) is 19.5. The van der Waals surface area contributed by atoms with Crippen molar-refractivity contribution in [3.8, 4) is 0 Å². The van der Waals surface area contributed by atoms with E-state index in [-0.39, 0.29) is 11.8 Å². The molecule has 0 aliphatic carbocycles. The van der Waals surface area contributed by atoms with Crippen molar-refractivity contribution in [2.75, 3.05) is 13.1 Å². The highest BCUT2D eigenvalue weighted by Gasteiger charge is 2.23. The van der Waals surface area contributed by atoms with E-state index in [2.05, 4.69) is 10.3 Å². The van der Waals surface area contributed by atoms with Gasteiger partial charge in [0.1, 0.15) is 0 Å². The minimum Gasteiger partial charge on any atom is -0.358 e. The largest absolute Gasteiger partial charge is 0.358 e. The number of nitrogens with zero attached hydrogens (tertiary/aromatic N) is 1. The van der Waals surface area contributed by atoms with Gasteiger partial charge in [0.25, 0.3) is 5.91 Å². The predicted octanol–water partition coefficient (Wildman–Crippen LogP) is 3.92. The SMILES string of the molecule is O=C(NCCCC(=O)N1CCc2[nH]c3ccc(Cl)cc3c2C1)c1ccccc1. The van der Waals surface area contributed by atoms with Gasteiger partial charge in [0.15, 0.2) is 0 Å². The number of halogens is 1. The van der Waals surface area contributed by atoms with Gasteiger partial charge in [-0.05, 0) is 36.8 Å². The Kier molecular flexibility index (Phi) is 5.35. The molecule has 0 spiro atoms. The Labute approximate surface area is 168 Å². The van der Waals surface area contributed by atoms with Crippen LogP contribution in [0.25, 0.3) is 10.9 Å². The van der Waals surface area contributed by atoms with Gasteiger partial charge in [0.05, 0.1) is 0 Å². The molecule has 1 aliphatic heterocycles. The van der Waals surface area contributed by atoms with Crippen LogP contribution in [0.3, 0.4) is 0 Å². The summed E-state index contributed by atoms with van der Waals surface area (Å²) in [6.45, 7) is 1.80. The highest BCUT2D eigenvalue weighted by Crippen LogP contribution is 2.30. The van der Waals surface area contributed by atoms with E-state index in [0.29, 0.717) is 43.1 Å². The van der Waals surface area contributed by atoms with Crippen molar-refractivity contribution in [1.29, 1.82) is 0 Å². The third kappa shape index (κ3) is 3.90. The molecule has 1 aliphatic rings. The summed E-state index contributed by atoms with van der Waals surface area (Å²) in [6.07, 6.45) is 1.87. The molecule has 0 unspecified atom stereocenters. The van der Waals surface area contributed by atoms with E-state index in [1.807, 2.05) is 41.3 Å². The number of carbonyl (C=O) groups is 2. The zero-order valence-electron chi connectivity index (χ0n) is 15.5. The number of H-pyrrole nitrogens is 1. The summed E-state index contributed by atoms with van der Waals surface area (Å²) in [7, 11) is 0. The predicted molar refractivity (Wildman–Crippen MR) is 110 cm³/mol. The van der Waals surface area contributed by atoms with Gasteiger partial charge in [-0.15, -0.1) is 0 Å². The Morgan fingerprint density at radius 1 is 1.14 bits per heavy atom. The second-order valence-corrected chi connectivity index (χ2v) is 7.50. The summed E-state index contributed by atoms with van der Waals surface area (Å²) in [5.74, 6) is 0.0160. The van der Waals surface area contributed by atoms with Gasteiger partial charge in [-0.25, -0.2) is 0 Å². The third-order valence-corrected chi connectivity index (χ3v) is 5.41. The Hall–Kier alpha value is -2.79. The topological polar surface area (TPSA) is 65.2 Å². The fourth-order valence-electron chi connectivity index (χ4n) is 3.69. The van der Waals surface area contributed by atoms with Crippen LogP contribution in [0.15, 0.2) is 48.5 Å². The molecule has 0 saturated heterocycles. The molecule has 2 aromatic carbocycles. The number of rotatable bonds is 5. The molecule has 0 atom stereocenters. The Morgan fingerprint density at radius 2 is 1.96 bits per heavy atom. The lowest BCUT2D eigenvalue weighted by Gasteiger charge is -2.27. The number of hydrogen-bond donors (Lipinski definition) is 2. The fraction of sp³-hybridized carbons (Fsp3) is 0.273. The monoisotopic (exact) mass is 395 g/mol. The molecule has 2 N–H and O–H groups in total. The van der Waals surface area contributed by atoms with Crippen LogP contribution in [-0.2, 0) is 17.8 Å². The molecular formula is C22H22ClN3O2. The van der Waals surface area contributed by atoms with Crippen molar-refractivity contribution in [2.24, 2.45) is 0 Å². The van der Waals surface area contributed by atoms with Gasteiger partial charge >= 0.3 is 0 Å². The molecule has 5 nitrogen and oxygen atoms in total. The van der Waals surface area contributed by atoms with E-state index in [9.17, 15) is 9.59 Å². The molecule has 4 rings (SSSR count). The number of hydrogen-bond acceptors (Lipinski definition) is 2. The Bertz CT molecular complexity index is 1010. The van der Waals surface area contributed by atoms with Crippen LogP contribution in [0.2, 0.25) is 5.02 Å². The van der Waals surface area contributed by atoms with E-state index in [0.717, 1.165) is 22.9 Å². The molecule has 144 valence electrons. The van der Waals surface area contributed by atoms with E-state index < -0.39 is 0 Å². The molecule has 28 heavy (non-hydrogen) atoms. The summed E-state index contributed by atoms with van der Waals surface area (Å²) in [4.78, 5) is 30.0. The number of amides is 2. The van der Waals surface area contributed by atoms with Crippen LogP contribution in [0.5, 0.6) is 0 Å². The lowest BCUT2D eigenvalue weighted by molar-refractivity contribution is -0.132. The van der Waals surface area contributed by atoms with Crippen molar-refractivity contribution < 1.29 is 9.59 Å². The number of aromatic nitrogens is 1. The van der Waals surface area contributed by atoms with Crippen LogP contribution in [0, 0.1) is 0 Å². The maximum Gasteiger partial charge on any atom is 0.251 e. The first kappa shape index (κ1) is 18.6. The third-order valence-electron chi connectivity index (χ3n) is 5.18. The summed E-state index contributed by atoms with van der Waals surface area (Å²) < 4.78 is 0. The van der Waals surface area contributed by atoms with Crippen LogP contribution in [0.4, 0.5) is 0 Å². The first-order valence-corrected chi connectivity index (χ1v) is 9.89.